The van der Waals surface area contributed by atoms with Crippen LogP contribution in [0, 0.1) is 0 Å². The van der Waals surface area contributed by atoms with Gasteiger partial charge in [0.2, 0.25) is 0 Å². The molecule has 3 aromatic carbocycles. The van der Waals surface area contributed by atoms with E-state index in [-0.39, 0.29) is 0 Å². The van der Waals surface area contributed by atoms with Gasteiger partial charge in [-0.1, -0.05) is 0 Å². The summed E-state index contributed by atoms with van der Waals surface area (Å²) in [6, 6.07) is 28.0. The van der Waals surface area contributed by atoms with Crippen LogP contribution in [-0.4, -0.2) is 16.5 Å². The van der Waals surface area contributed by atoms with Crippen molar-refractivity contribution in [1.29, 1.82) is 0 Å². The van der Waals surface area contributed by atoms with Gasteiger partial charge in [-0.25, -0.2) is 0 Å². The maximum atomic E-state index is 12.1. The molecule has 0 aromatic heterocycles. The molecule has 3 aromatic rings. The van der Waals surface area contributed by atoms with E-state index >= 15 is 0 Å². The maximum absolute atomic E-state index is 12.1. The van der Waals surface area contributed by atoms with Gasteiger partial charge >= 0.3 is 147 Å². The first-order chi connectivity index (χ1) is 11.8. The molecule has 0 fully saturated rings. The second kappa shape index (κ2) is 6.49. The molecule has 0 saturated heterocycles. The van der Waals surface area contributed by atoms with Gasteiger partial charge < -0.3 is 0 Å². The summed E-state index contributed by atoms with van der Waals surface area (Å²) in [6.45, 7) is -2.00. The Kier molecular flexibility index (Phi) is 4.68. The summed E-state index contributed by atoms with van der Waals surface area (Å²) < 4.78 is 17.8. The van der Waals surface area contributed by atoms with Crippen LogP contribution in [0.15, 0.2) is 91.0 Å². The van der Waals surface area contributed by atoms with Gasteiger partial charge in [-0.2, -0.15) is 0 Å². The molecule has 0 saturated carbocycles. The van der Waals surface area contributed by atoms with E-state index in [0.717, 1.165) is 15.9 Å². The quantitative estimate of drug-likeness (QED) is 0.674. The Balaban J connectivity index is 2.47. The van der Waals surface area contributed by atoms with Crippen molar-refractivity contribution in [3.63, 3.8) is 0 Å². The monoisotopic (exact) mass is 374 g/mol. The Labute approximate surface area is 147 Å². The van der Waals surface area contributed by atoms with E-state index in [2.05, 4.69) is 0 Å². The third-order valence-corrected chi connectivity index (χ3v) is 11.6. The van der Waals surface area contributed by atoms with Crippen molar-refractivity contribution in [2.45, 2.75) is 0 Å². The Hall–Kier alpha value is -1.80. The molecule has 0 aliphatic carbocycles. The molecule has 0 spiro atoms. The predicted octanol–water partition coefficient (Wildman–Crippen LogP) is 3.17. The van der Waals surface area contributed by atoms with Crippen molar-refractivity contribution in [1.82, 2.24) is 0 Å². The molecule has 0 aliphatic heterocycles. The van der Waals surface area contributed by atoms with Crippen LogP contribution in [0.25, 0.3) is 0 Å². The van der Waals surface area contributed by atoms with Crippen LogP contribution in [0.2, 0.25) is 0 Å². The first kappa shape index (κ1) is 18.0. The summed E-state index contributed by atoms with van der Waals surface area (Å²) in [5, 5.41) is 2.28. The normalized spacial score (nSPS) is 13.8. The van der Waals surface area contributed by atoms with Gasteiger partial charge in [-0.15, -0.1) is 0 Å². The Morgan fingerprint density at radius 1 is 0.680 bits per heavy atom. The molecule has 4 nitrogen and oxygen atoms in total. The van der Waals surface area contributed by atoms with Crippen molar-refractivity contribution >= 4 is 30.6 Å². The summed E-state index contributed by atoms with van der Waals surface area (Å²) in [4.78, 5) is 19.6. The Bertz CT molecular complexity index is 793. The fraction of sp³-hybridized carbons (Fsp3) is 0.0526. The van der Waals surface area contributed by atoms with E-state index in [1.807, 2.05) is 97.7 Å². The average Bonchev–Trinajstić information content (AvgIpc) is 2.63. The minimum atomic E-state index is -4.79. The molecule has 0 amide bonds. The molecule has 6 heteroatoms. The van der Waals surface area contributed by atoms with Crippen molar-refractivity contribution < 1.29 is 18.7 Å². The fourth-order valence-electron chi connectivity index (χ4n) is 3.22. The van der Waals surface area contributed by atoms with Crippen LogP contribution in [0.3, 0.4) is 0 Å². The van der Waals surface area contributed by atoms with Crippen LogP contribution in [0.4, 0.5) is 0 Å². The molecule has 25 heavy (non-hydrogen) atoms. The van der Waals surface area contributed by atoms with Crippen LogP contribution in [-0.2, 0) is 8.88 Å². The van der Waals surface area contributed by atoms with Crippen molar-refractivity contribution in [2.24, 2.45) is 0 Å². The predicted molar refractivity (Wildman–Crippen MR) is 104 cm³/mol. The first-order valence-electron chi connectivity index (χ1n) is 7.80. The van der Waals surface area contributed by atoms with Crippen molar-refractivity contribution in [3.05, 3.63) is 91.0 Å². The summed E-state index contributed by atoms with van der Waals surface area (Å²) in [6.07, 6.45) is 0. The van der Waals surface area contributed by atoms with E-state index in [0.29, 0.717) is 0 Å². The van der Waals surface area contributed by atoms with Gasteiger partial charge in [0.1, 0.15) is 0 Å². The zero-order chi connectivity index (χ0) is 18.0. The molecule has 0 atom stereocenters. The molecule has 0 unspecified atom stereocenters. The summed E-state index contributed by atoms with van der Waals surface area (Å²) in [5.74, 6) is 0. The molecule has 0 aliphatic rings. The van der Waals surface area contributed by atoms with Gasteiger partial charge in [0.15, 0.2) is 0 Å². The second-order valence-corrected chi connectivity index (χ2v) is 12.2. The SMILES string of the molecule is CP(OP(=O)(O)O)(c1ccccc1)(c1ccccc1)c1ccccc1. The van der Waals surface area contributed by atoms with Gasteiger partial charge in [-0.3, -0.25) is 0 Å². The molecule has 0 heterocycles. The van der Waals surface area contributed by atoms with Gasteiger partial charge in [0.05, 0.1) is 0 Å². The standard InChI is InChI=1S/C19H20O4P2/c1-25(23-24(20,21)22,17-11-5-2-6-12-17,18-13-7-3-8-14-18)19-15-9-4-10-16-19/h2-16H,1H3,(H2,20,21,22). The minimum absolute atomic E-state index is 0.759. The molecular formula is C19H20O4P2. The van der Waals surface area contributed by atoms with Crippen LogP contribution < -0.4 is 15.9 Å². The molecular weight excluding hydrogens is 354 g/mol. The van der Waals surface area contributed by atoms with E-state index < -0.39 is 14.7 Å². The fourth-order valence-corrected chi connectivity index (χ4v) is 10.0. The molecule has 0 radical (unpaired) electrons. The van der Waals surface area contributed by atoms with Crippen LogP contribution in [0.5, 0.6) is 0 Å². The number of hydrogen-bond donors (Lipinski definition) is 2. The number of phosphoric acid groups is 1. The van der Waals surface area contributed by atoms with Gasteiger partial charge in [-0.05, 0) is 0 Å². The summed E-state index contributed by atoms with van der Waals surface area (Å²) in [7, 11) is -4.79. The van der Waals surface area contributed by atoms with E-state index in [9.17, 15) is 14.4 Å². The van der Waals surface area contributed by atoms with E-state index in [1.54, 1.807) is 0 Å². The molecule has 130 valence electrons. The number of rotatable bonds is 5. The van der Waals surface area contributed by atoms with Gasteiger partial charge in [0.25, 0.3) is 0 Å². The van der Waals surface area contributed by atoms with Crippen molar-refractivity contribution in [2.75, 3.05) is 6.66 Å². The zero-order valence-corrected chi connectivity index (χ0v) is 15.6. The third-order valence-electron chi connectivity index (χ3n) is 4.44. The van der Waals surface area contributed by atoms with E-state index in [4.69, 9.17) is 4.31 Å². The summed E-state index contributed by atoms with van der Waals surface area (Å²) >= 11 is 0. The van der Waals surface area contributed by atoms with Crippen molar-refractivity contribution in [3.8, 4) is 0 Å². The molecule has 3 rings (SSSR count). The third kappa shape index (κ3) is 3.20. The Morgan fingerprint density at radius 2 is 0.960 bits per heavy atom. The van der Waals surface area contributed by atoms with Crippen LogP contribution >= 0.6 is 14.7 Å². The number of benzene rings is 3. The van der Waals surface area contributed by atoms with E-state index in [1.165, 1.54) is 0 Å². The second-order valence-electron chi connectivity index (χ2n) is 6.04. The molecule has 2 N–H and O–H groups in total. The van der Waals surface area contributed by atoms with Crippen LogP contribution in [0.1, 0.15) is 0 Å². The average molecular weight is 374 g/mol. The summed E-state index contributed by atoms with van der Waals surface area (Å²) in [5.41, 5.74) is 0. The van der Waals surface area contributed by atoms with Gasteiger partial charge in [0, 0.05) is 0 Å². The number of hydrogen-bond acceptors (Lipinski definition) is 2. The first-order valence-corrected chi connectivity index (χ1v) is 11.9. The molecule has 0 bridgehead atoms. The zero-order valence-electron chi connectivity index (χ0n) is 13.8. The topological polar surface area (TPSA) is 66.8 Å². The Morgan fingerprint density at radius 3 is 1.20 bits per heavy atom.